The highest BCUT2D eigenvalue weighted by atomic mass is 15.3. The molecule has 0 amide bonds. The SMILES string of the molecule is N#Cc1ccc(N2CC(N3CC4CCCC4C3)C2)nc1. The molecule has 2 unspecified atom stereocenters. The molecule has 1 aromatic heterocycles. The first-order valence-corrected chi connectivity index (χ1v) is 7.68. The van der Waals surface area contributed by atoms with Crippen LogP contribution < -0.4 is 4.90 Å². The van der Waals surface area contributed by atoms with E-state index in [4.69, 9.17) is 5.26 Å². The van der Waals surface area contributed by atoms with Gasteiger partial charge in [0.2, 0.25) is 0 Å². The second-order valence-corrected chi connectivity index (χ2v) is 6.48. The fraction of sp³-hybridized carbons (Fsp3) is 0.625. The van der Waals surface area contributed by atoms with Crippen molar-refractivity contribution in [1.29, 1.82) is 5.26 Å². The molecule has 3 fully saturated rings. The van der Waals surface area contributed by atoms with Crippen LogP contribution in [0.4, 0.5) is 5.82 Å². The quantitative estimate of drug-likeness (QED) is 0.821. The first-order chi connectivity index (χ1) is 9.83. The minimum atomic E-state index is 0.637. The summed E-state index contributed by atoms with van der Waals surface area (Å²) in [6.07, 6.45) is 6.03. The number of hydrogen-bond acceptors (Lipinski definition) is 4. The summed E-state index contributed by atoms with van der Waals surface area (Å²) in [4.78, 5) is 9.40. The van der Waals surface area contributed by atoms with Crippen LogP contribution in [0.5, 0.6) is 0 Å². The molecule has 2 saturated heterocycles. The molecule has 0 N–H and O–H groups in total. The van der Waals surface area contributed by atoms with E-state index in [0.29, 0.717) is 5.56 Å². The maximum absolute atomic E-state index is 8.79. The molecule has 1 saturated carbocycles. The normalized spacial score (nSPS) is 30.1. The van der Waals surface area contributed by atoms with Crippen LogP contribution >= 0.6 is 0 Å². The van der Waals surface area contributed by atoms with Crippen molar-refractivity contribution in [2.24, 2.45) is 11.8 Å². The van der Waals surface area contributed by atoms with E-state index in [1.807, 2.05) is 12.1 Å². The molecule has 0 spiro atoms. The van der Waals surface area contributed by atoms with Crippen molar-refractivity contribution in [3.63, 3.8) is 0 Å². The number of nitriles is 1. The number of likely N-dealkylation sites (tertiary alicyclic amines) is 1. The Morgan fingerprint density at radius 2 is 1.85 bits per heavy atom. The fourth-order valence-electron chi connectivity index (χ4n) is 4.08. The van der Waals surface area contributed by atoms with Crippen LogP contribution in [0.25, 0.3) is 0 Å². The zero-order valence-electron chi connectivity index (χ0n) is 11.7. The largest absolute Gasteiger partial charge is 0.353 e. The van der Waals surface area contributed by atoms with Gasteiger partial charge >= 0.3 is 0 Å². The maximum atomic E-state index is 8.79. The molecule has 3 heterocycles. The van der Waals surface area contributed by atoms with Gasteiger partial charge in [0.15, 0.2) is 0 Å². The lowest BCUT2D eigenvalue weighted by Crippen LogP contribution is -2.59. The molecular formula is C16H20N4. The predicted octanol–water partition coefficient (Wildman–Crippen LogP) is 1.87. The summed E-state index contributed by atoms with van der Waals surface area (Å²) in [5.41, 5.74) is 0.637. The summed E-state index contributed by atoms with van der Waals surface area (Å²) in [5, 5.41) is 8.79. The zero-order chi connectivity index (χ0) is 13.5. The number of pyridine rings is 1. The van der Waals surface area contributed by atoms with Crippen molar-refractivity contribution in [2.75, 3.05) is 31.1 Å². The maximum Gasteiger partial charge on any atom is 0.128 e. The van der Waals surface area contributed by atoms with Gasteiger partial charge in [-0.3, -0.25) is 4.90 Å². The van der Waals surface area contributed by atoms with Gasteiger partial charge < -0.3 is 4.90 Å². The molecule has 0 aromatic carbocycles. The summed E-state index contributed by atoms with van der Waals surface area (Å²) >= 11 is 0. The van der Waals surface area contributed by atoms with Crippen LogP contribution in [0.3, 0.4) is 0 Å². The molecule has 0 bridgehead atoms. The van der Waals surface area contributed by atoms with Crippen LogP contribution in [0.2, 0.25) is 0 Å². The first-order valence-electron chi connectivity index (χ1n) is 7.68. The van der Waals surface area contributed by atoms with Crippen LogP contribution in [0, 0.1) is 23.2 Å². The van der Waals surface area contributed by atoms with Crippen molar-refractivity contribution in [1.82, 2.24) is 9.88 Å². The van der Waals surface area contributed by atoms with Crippen molar-refractivity contribution >= 4 is 5.82 Å². The topological polar surface area (TPSA) is 43.2 Å². The number of hydrogen-bond donors (Lipinski definition) is 0. The first kappa shape index (κ1) is 12.2. The van der Waals surface area contributed by atoms with Crippen molar-refractivity contribution in [3.8, 4) is 6.07 Å². The molecule has 1 aliphatic carbocycles. The van der Waals surface area contributed by atoms with E-state index in [1.165, 1.54) is 32.4 Å². The summed E-state index contributed by atoms with van der Waals surface area (Å²) in [6.45, 7) is 4.84. The predicted molar refractivity (Wildman–Crippen MR) is 77.4 cm³/mol. The fourth-order valence-corrected chi connectivity index (χ4v) is 4.08. The second kappa shape index (κ2) is 4.75. The lowest BCUT2D eigenvalue weighted by Gasteiger charge is -2.45. The molecule has 4 rings (SSSR count). The monoisotopic (exact) mass is 268 g/mol. The van der Waals surface area contributed by atoms with Crippen LogP contribution in [-0.4, -0.2) is 42.1 Å². The average molecular weight is 268 g/mol. The van der Waals surface area contributed by atoms with Crippen molar-refractivity contribution < 1.29 is 0 Å². The van der Waals surface area contributed by atoms with Crippen LogP contribution in [0.1, 0.15) is 24.8 Å². The number of anilines is 1. The minimum Gasteiger partial charge on any atom is -0.353 e. The van der Waals surface area contributed by atoms with Gasteiger partial charge in [0, 0.05) is 38.4 Å². The number of nitrogens with zero attached hydrogens (tertiary/aromatic N) is 4. The second-order valence-electron chi connectivity index (χ2n) is 6.48. The summed E-state index contributed by atoms with van der Waals surface area (Å²) in [6, 6.07) is 6.66. The van der Waals surface area contributed by atoms with Crippen molar-refractivity contribution in [3.05, 3.63) is 23.9 Å². The van der Waals surface area contributed by atoms with Crippen molar-refractivity contribution in [2.45, 2.75) is 25.3 Å². The minimum absolute atomic E-state index is 0.637. The smallest absolute Gasteiger partial charge is 0.128 e. The highest BCUT2D eigenvalue weighted by Crippen LogP contribution is 2.39. The van der Waals surface area contributed by atoms with E-state index >= 15 is 0 Å². The standard InChI is InChI=1S/C16H20N4/c17-6-12-4-5-16(18-7-12)20-10-15(11-20)19-8-13-2-1-3-14(13)9-19/h4-5,7,13-15H,1-3,8-11H2. The molecule has 4 nitrogen and oxygen atoms in total. The lowest BCUT2D eigenvalue weighted by molar-refractivity contribution is 0.190. The molecule has 20 heavy (non-hydrogen) atoms. The number of fused-ring (bicyclic) bond motifs is 1. The Labute approximate surface area is 120 Å². The Morgan fingerprint density at radius 1 is 1.10 bits per heavy atom. The third-order valence-electron chi connectivity index (χ3n) is 5.33. The van der Waals surface area contributed by atoms with Gasteiger partial charge in [-0.15, -0.1) is 0 Å². The molecule has 2 atom stereocenters. The van der Waals surface area contributed by atoms with E-state index in [1.54, 1.807) is 6.20 Å². The highest BCUT2D eigenvalue weighted by Gasteiger charge is 2.42. The Kier molecular flexibility index (Phi) is 2.89. The zero-order valence-corrected chi connectivity index (χ0v) is 11.7. The molecule has 4 heteroatoms. The van der Waals surface area contributed by atoms with Crippen LogP contribution in [-0.2, 0) is 0 Å². The molecule has 0 radical (unpaired) electrons. The summed E-state index contributed by atoms with van der Waals surface area (Å²) in [5.74, 6) is 2.98. The van der Waals surface area contributed by atoms with E-state index in [0.717, 1.165) is 36.8 Å². The Balaban J connectivity index is 1.34. The van der Waals surface area contributed by atoms with Gasteiger partial charge in [-0.25, -0.2) is 4.98 Å². The molecule has 3 aliphatic rings. The van der Waals surface area contributed by atoms with E-state index in [-0.39, 0.29) is 0 Å². The summed E-state index contributed by atoms with van der Waals surface area (Å²) < 4.78 is 0. The van der Waals surface area contributed by atoms with Gasteiger partial charge in [-0.2, -0.15) is 5.26 Å². The summed E-state index contributed by atoms with van der Waals surface area (Å²) in [7, 11) is 0. The van der Waals surface area contributed by atoms with Gasteiger partial charge in [-0.1, -0.05) is 6.42 Å². The van der Waals surface area contributed by atoms with Gasteiger partial charge in [-0.05, 0) is 36.8 Å². The van der Waals surface area contributed by atoms with Gasteiger partial charge in [0.25, 0.3) is 0 Å². The number of rotatable bonds is 2. The van der Waals surface area contributed by atoms with E-state index in [2.05, 4.69) is 20.9 Å². The van der Waals surface area contributed by atoms with Crippen LogP contribution in [0.15, 0.2) is 18.3 Å². The Hall–Kier alpha value is -1.60. The molecule has 104 valence electrons. The van der Waals surface area contributed by atoms with E-state index < -0.39 is 0 Å². The van der Waals surface area contributed by atoms with E-state index in [9.17, 15) is 0 Å². The number of aromatic nitrogens is 1. The highest BCUT2D eigenvalue weighted by molar-refractivity contribution is 5.45. The Morgan fingerprint density at radius 3 is 2.45 bits per heavy atom. The molecular weight excluding hydrogens is 248 g/mol. The average Bonchev–Trinajstić information content (AvgIpc) is 2.99. The van der Waals surface area contributed by atoms with Gasteiger partial charge in [0.1, 0.15) is 11.9 Å². The van der Waals surface area contributed by atoms with Gasteiger partial charge in [0.05, 0.1) is 5.56 Å². The lowest BCUT2D eigenvalue weighted by atomic mass is 10.0. The third kappa shape index (κ3) is 1.97. The molecule has 1 aromatic rings. The third-order valence-corrected chi connectivity index (χ3v) is 5.33. The molecule has 2 aliphatic heterocycles. The Bertz CT molecular complexity index is 514.